The lowest BCUT2D eigenvalue weighted by Gasteiger charge is -2.09. The molecule has 0 radical (unpaired) electrons. The van der Waals surface area contributed by atoms with E-state index in [1.54, 1.807) is 0 Å². The molecule has 0 fully saturated rings. The molecule has 4 aromatic rings. The number of para-hydroxylation sites is 2. The van der Waals surface area contributed by atoms with Crippen LogP contribution in [0.15, 0.2) is 48.5 Å². The summed E-state index contributed by atoms with van der Waals surface area (Å²) in [6.45, 7) is 0.153. The van der Waals surface area contributed by atoms with Gasteiger partial charge < -0.3 is 10.6 Å². The van der Waals surface area contributed by atoms with E-state index in [-0.39, 0.29) is 13.3 Å². The van der Waals surface area contributed by atoms with Gasteiger partial charge in [0, 0.05) is 0 Å². The van der Waals surface area contributed by atoms with E-state index in [1.807, 2.05) is 48.5 Å². The number of nitrogens with zero attached hydrogens (tertiary/aromatic N) is 6. The first-order valence-corrected chi connectivity index (χ1v) is 8.10. The molecule has 4 rings (SSSR count). The fraction of sp³-hybridized carbons (Fsp3) is 0.125. The highest BCUT2D eigenvalue weighted by molar-refractivity contribution is 5.93. The van der Waals surface area contributed by atoms with Crippen molar-refractivity contribution in [3.05, 3.63) is 48.5 Å². The summed E-state index contributed by atoms with van der Waals surface area (Å²) in [4.78, 5) is 23.8. The fourth-order valence-corrected chi connectivity index (χ4v) is 2.55. The van der Waals surface area contributed by atoms with Gasteiger partial charge >= 0.3 is 12.1 Å². The van der Waals surface area contributed by atoms with Crippen LogP contribution in [0.25, 0.3) is 22.1 Å². The minimum Gasteiger partial charge on any atom is -0.318 e. The molecule has 2 aromatic carbocycles. The number of carbonyl (C=O) groups excluding carboxylic acids is 2. The molecule has 0 atom stereocenters. The highest BCUT2D eigenvalue weighted by Crippen LogP contribution is 2.09. The lowest BCUT2D eigenvalue weighted by Crippen LogP contribution is -2.45. The quantitative estimate of drug-likeness (QED) is 0.490. The number of nitrogens with one attached hydrogen (secondary N) is 3. The van der Waals surface area contributed by atoms with E-state index in [0.717, 1.165) is 22.1 Å². The number of hydrogen-bond acceptors (Lipinski definition) is 6. The Morgan fingerprint density at radius 3 is 1.67 bits per heavy atom. The first-order chi connectivity index (χ1) is 13.2. The Hall–Kier alpha value is -4.02. The van der Waals surface area contributed by atoms with Crippen molar-refractivity contribution in [2.75, 3.05) is 0 Å². The summed E-state index contributed by atoms with van der Waals surface area (Å²) in [5, 5.41) is 23.1. The van der Waals surface area contributed by atoms with E-state index in [0.29, 0.717) is 0 Å². The molecule has 2 aromatic heterocycles. The fourth-order valence-electron chi connectivity index (χ4n) is 2.55. The maximum atomic E-state index is 11.9. The maximum Gasteiger partial charge on any atom is 0.324 e. The molecule has 27 heavy (non-hydrogen) atoms. The monoisotopic (exact) mass is 365 g/mol. The number of fused-ring (bicyclic) bond motifs is 2. The summed E-state index contributed by atoms with van der Waals surface area (Å²) in [6, 6.07) is 13.4. The lowest BCUT2D eigenvalue weighted by atomic mass is 10.3. The Kier molecular flexibility index (Phi) is 4.31. The van der Waals surface area contributed by atoms with Gasteiger partial charge in [-0.1, -0.05) is 34.7 Å². The molecule has 0 spiro atoms. The number of carbonyl (C=O) groups is 2. The Morgan fingerprint density at radius 2 is 1.19 bits per heavy atom. The molecule has 0 unspecified atom stereocenters. The maximum absolute atomic E-state index is 11.9. The van der Waals surface area contributed by atoms with Crippen LogP contribution in [0.5, 0.6) is 0 Å². The van der Waals surface area contributed by atoms with Gasteiger partial charge in [0.2, 0.25) is 0 Å². The summed E-state index contributed by atoms with van der Waals surface area (Å²) in [5.41, 5.74) is 3.00. The van der Waals surface area contributed by atoms with Crippen LogP contribution < -0.4 is 16.0 Å². The number of benzene rings is 2. The molecule has 0 saturated carbocycles. The van der Waals surface area contributed by atoms with Gasteiger partial charge in [0.25, 0.3) is 0 Å². The third-order valence-corrected chi connectivity index (χ3v) is 3.85. The normalized spacial score (nSPS) is 10.8. The molecule has 11 heteroatoms. The van der Waals surface area contributed by atoms with Gasteiger partial charge in [0.05, 0.1) is 11.0 Å². The van der Waals surface area contributed by atoms with E-state index in [2.05, 4.69) is 36.6 Å². The number of urea groups is 2. The van der Waals surface area contributed by atoms with Gasteiger partial charge in [0.15, 0.2) is 0 Å². The van der Waals surface area contributed by atoms with E-state index in [9.17, 15) is 9.59 Å². The third kappa shape index (κ3) is 3.51. The van der Waals surface area contributed by atoms with Crippen LogP contribution >= 0.6 is 0 Å². The summed E-state index contributed by atoms with van der Waals surface area (Å²) >= 11 is 0. The minimum absolute atomic E-state index is 0.0767. The van der Waals surface area contributed by atoms with Gasteiger partial charge in [-0.15, -0.1) is 10.2 Å². The molecular formula is C16H15N9O2. The largest absolute Gasteiger partial charge is 0.324 e. The molecule has 2 heterocycles. The molecule has 11 nitrogen and oxygen atoms in total. The lowest BCUT2D eigenvalue weighted by molar-refractivity contribution is 0.223. The summed E-state index contributed by atoms with van der Waals surface area (Å²) in [5.74, 6) is 0. The zero-order valence-electron chi connectivity index (χ0n) is 14.0. The zero-order chi connectivity index (χ0) is 18.6. The highest BCUT2D eigenvalue weighted by Gasteiger charge is 2.10. The molecule has 3 N–H and O–H groups in total. The van der Waals surface area contributed by atoms with Crippen molar-refractivity contribution in [3.63, 3.8) is 0 Å². The second-order valence-electron chi connectivity index (χ2n) is 5.61. The average Bonchev–Trinajstić information content (AvgIpc) is 3.29. The SMILES string of the molecule is O=C(NCn1nnc2ccccc21)NC(=O)NCn1nnc2ccccc21. The van der Waals surface area contributed by atoms with Crippen molar-refractivity contribution >= 4 is 34.1 Å². The molecule has 0 bridgehead atoms. The standard InChI is InChI=1S/C16H15N9O2/c26-15(17-9-24-13-7-3-1-5-11(13)20-22-24)19-16(27)18-10-25-14-8-4-2-6-12(14)21-23-25/h1-8H,9-10H2,(H3,17,18,19,26,27). The van der Waals surface area contributed by atoms with Crippen LogP contribution in [0.2, 0.25) is 0 Å². The molecule has 136 valence electrons. The van der Waals surface area contributed by atoms with Crippen molar-refractivity contribution in [3.8, 4) is 0 Å². The van der Waals surface area contributed by atoms with Gasteiger partial charge in [-0.2, -0.15) is 0 Å². The molecule has 0 aliphatic carbocycles. The van der Waals surface area contributed by atoms with Gasteiger partial charge in [0.1, 0.15) is 24.4 Å². The summed E-state index contributed by atoms with van der Waals surface area (Å²) in [7, 11) is 0. The van der Waals surface area contributed by atoms with Crippen molar-refractivity contribution in [2.45, 2.75) is 13.3 Å². The number of imide groups is 1. The Bertz CT molecular complexity index is 1030. The highest BCUT2D eigenvalue weighted by atomic mass is 16.2. The molecular weight excluding hydrogens is 350 g/mol. The Morgan fingerprint density at radius 1 is 0.741 bits per heavy atom. The Labute approximate surface area is 152 Å². The third-order valence-electron chi connectivity index (χ3n) is 3.85. The van der Waals surface area contributed by atoms with Crippen LogP contribution in [0, 0.1) is 0 Å². The van der Waals surface area contributed by atoms with Crippen molar-refractivity contribution in [2.24, 2.45) is 0 Å². The summed E-state index contributed by atoms with van der Waals surface area (Å²) in [6.07, 6.45) is 0. The summed E-state index contributed by atoms with van der Waals surface area (Å²) < 4.78 is 3.04. The number of aromatic nitrogens is 6. The van der Waals surface area contributed by atoms with Crippen LogP contribution in [0.3, 0.4) is 0 Å². The van der Waals surface area contributed by atoms with E-state index >= 15 is 0 Å². The van der Waals surface area contributed by atoms with Crippen LogP contribution in [0.1, 0.15) is 0 Å². The van der Waals surface area contributed by atoms with E-state index < -0.39 is 12.1 Å². The van der Waals surface area contributed by atoms with Crippen LogP contribution in [-0.4, -0.2) is 42.0 Å². The predicted octanol–water partition coefficient (Wildman–Crippen LogP) is 0.800. The molecule has 0 saturated heterocycles. The van der Waals surface area contributed by atoms with E-state index in [4.69, 9.17) is 0 Å². The topological polar surface area (TPSA) is 132 Å². The molecule has 4 amide bonds. The number of amides is 4. The molecule has 0 aliphatic rings. The van der Waals surface area contributed by atoms with Gasteiger partial charge in [-0.3, -0.25) is 5.32 Å². The predicted molar refractivity (Wildman–Crippen MR) is 95.3 cm³/mol. The van der Waals surface area contributed by atoms with Crippen molar-refractivity contribution < 1.29 is 9.59 Å². The van der Waals surface area contributed by atoms with Gasteiger partial charge in [-0.25, -0.2) is 19.0 Å². The smallest absolute Gasteiger partial charge is 0.318 e. The Balaban J connectivity index is 1.28. The number of hydrogen-bond donors (Lipinski definition) is 3. The van der Waals surface area contributed by atoms with Crippen LogP contribution in [-0.2, 0) is 13.3 Å². The second kappa shape index (κ2) is 7.07. The van der Waals surface area contributed by atoms with Crippen LogP contribution in [0.4, 0.5) is 9.59 Å². The number of rotatable bonds is 4. The second-order valence-corrected chi connectivity index (χ2v) is 5.61. The zero-order valence-corrected chi connectivity index (χ0v) is 14.0. The average molecular weight is 365 g/mol. The van der Waals surface area contributed by atoms with Crippen molar-refractivity contribution in [1.82, 2.24) is 45.9 Å². The first-order valence-electron chi connectivity index (χ1n) is 8.10. The molecule has 0 aliphatic heterocycles. The van der Waals surface area contributed by atoms with Gasteiger partial charge in [-0.05, 0) is 24.3 Å². The minimum atomic E-state index is -0.657. The van der Waals surface area contributed by atoms with E-state index in [1.165, 1.54) is 9.36 Å². The first kappa shape index (κ1) is 16.4. The van der Waals surface area contributed by atoms with Crippen molar-refractivity contribution in [1.29, 1.82) is 0 Å².